The lowest BCUT2D eigenvalue weighted by Crippen LogP contribution is -2.13. The fourth-order valence-electron chi connectivity index (χ4n) is 1.43. The summed E-state index contributed by atoms with van der Waals surface area (Å²) in [5.74, 6) is 0. The van der Waals surface area contributed by atoms with Crippen LogP contribution in [0.1, 0.15) is 0 Å². The lowest BCUT2D eigenvalue weighted by molar-refractivity contribution is 0.601. The van der Waals surface area contributed by atoms with Crippen molar-refractivity contribution in [2.75, 3.05) is 10.5 Å². The molecule has 0 saturated carbocycles. The zero-order chi connectivity index (χ0) is 13.2. The van der Waals surface area contributed by atoms with Gasteiger partial charge in [0.1, 0.15) is 0 Å². The molecule has 0 aliphatic heterocycles. The van der Waals surface area contributed by atoms with Crippen molar-refractivity contribution in [2.45, 2.75) is 4.90 Å². The van der Waals surface area contributed by atoms with Crippen molar-refractivity contribution >= 4 is 44.0 Å². The summed E-state index contributed by atoms with van der Waals surface area (Å²) in [4.78, 5) is 0.155. The van der Waals surface area contributed by atoms with Gasteiger partial charge in [0.15, 0.2) is 0 Å². The molecule has 0 spiro atoms. The van der Waals surface area contributed by atoms with E-state index in [1.165, 1.54) is 12.1 Å². The minimum absolute atomic E-state index is 0.155. The van der Waals surface area contributed by atoms with Gasteiger partial charge in [-0.15, -0.1) is 0 Å². The van der Waals surface area contributed by atoms with Crippen LogP contribution in [0.25, 0.3) is 0 Å². The molecular weight excluding hydrogens is 363 g/mol. The fraction of sp³-hybridized carbons (Fsp3) is 0. The van der Waals surface area contributed by atoms with E-state index < -0.39 is 10.0 Å². The van der Waals surface area contributed by atoms with Crippen LogP contribution in [0.5, 0.6) is 0 Å². The minimum Gasteiger partial charge on any atom is -0.399 e. The zero-order valence-electron chi connectivity index (χ0n) is 9.30. The van der Waals surface area contributed by atoms with E-state index in [1.54, 1.807) is 24.3 Å². The lowest BCUT2D eigenvalue weighted by atomic mass is 10.3. The summed E-state index contributed by atoms with van der Waals surface area (Å²) in [6.45, 7) is 0. The van der Waals surface area contributed by atoms with E-state index in [-0.39, 0.29) is 4.90 Å². The van der Waals surface area contributed by atoms with Crippen LogP contribution in [0.4, 0.5) is 11.4 Å². The third kappa shape index (κ3) is 2.94. The third-order valence-corrected chi connectivity index (χ3v) is 4.59. The van der Waals surface area contributed by atoms with Gasteiger partial charge in [-0.2, -0.15) is 0 Å². The highest BCUT2D eigenvalue weighted by Crippen LogP contribution is 2.22. The van der Waals surface area contributed by atoms with E-state index in [0.717, 1.165) is 3.57 Å². The van der Waals surface area contributed by atoms with Gasteiger partial charge in [-0.1, -0.05) is 18.2 Å². The number of sulfonamides is 1. The van der Waals surface area contributed by atoms with Gasteiger partial charge in [0.25, 0.3) is 10.0 Å². The highest BCUT2D eigenvalue weighted by molar-refractivity contribution is 14.1. The molecule has 3 N–H and O–H groups in total. The van der Waals surface area contributed by atoms with Gasteiger partial charge in [0.2, 0.25) is 0 Å². The van der Waals surface area contributed by atoms with Crippen LogP contribution >= 0.6 is 22.6 Å². The van der Waals surface area contributed by atoms with Crippen molar-refractivity contribution in [2.24, 2.45) is 0 Å². The second-order valence-corrected chi connectivity index (χ2v) is 6.50. The number of hydrogen-bond acceptors (Lipinski definition) is 3. The molecule has 0 fully saturated rings. The molecule has 0 atom stereocenters. The van der Waals surface area contributed by atoms with Gasteiger partial charge in [-0.25, -0.2) is 8.42 Å². The monoisotopic (exact) mass is 374 g/mol. The van der Waals surface area contributed by atoms with Crippen LogP contribution in [-0.2, 0) is 10.0 Å². The number of nitrogens with two attached hydrogens (primary N) is 1. The quantitative estimate of drug-likeness (QED) is 0.641. The molecule has 0 bridgehead atoms. The van der Waals surface area contributed by atoms with Crippen LogP contribution < -0.4 is 10.5 Å². The predicted octanol–water partition coefficient (Wildman–Crippen LogP) is 2.67. The second-order valence-electron chi connectivity index (χ2n) is 3.66. The molecule has 94 valence electrons. The molecule has 0 aliphatic carbocycles. The number of halogens is 1. The van der Waals surface area contributed by atoms with Gasteiger partial charge in [-0.05, 0) is 52.9 Å². The number of rotatable bonds is 3. The summed E-state index contributed by atoms with van der Waals surface area (Å²) in [5.41, 5.74) is 6.56. The molecule has 0 heterocycles. The zero-order valence-corrected chi connectivity index (χ0v) is 12.3. The first-order valence-corrected chi connectivity index (χ1v) is 7.68. The molecule has 0 amide bonds. The Labute approximate surface area is 119 Å². The molecule has 6 heteroatoms. The molecule has 2 rings (SSSR count). The Balaban J connectivity index is 2.37. The maximum Gasteiger partial charge on any atom is 0.262 e. The van der Waals surface area contributed by atoms with Crippen LogP contribution in [0.15, 0.2) is 53.4 Å². The third-order valence-electron chi connectivity index (χ3n) is 2.29. The molecule has 18 heavy (non-hydrogen) atoms. The first kappa shape index (κ1) is 13.2. The van der Waals surface area contributed by atoms with E-state index in [2.05, 4.69) is 27.3 Å². The molecule has 0 aliphatic rings. The maximum atomic E-state index is 12.1. The number of para-hydroxylation sites is 1. The first-order valence-electron chi connectivity index (χ1n) is 5.12. The Morgan fingerprint density at radius 1 is 1.06 bits per heavy atom. The number of hydrogen-bond donors (Lipinski definition) is 2. The highest BCUT2D eigenvalue weighted by Gasteiger charge is 2.15. The molecular formula is C12H11IN2O2S. The summed E-state index contributed by atoms with van der Waals surface area (Å²) in [5, 5.41) is 0. The summed E-state index contributed by atoms with van der Waals surface area (Å²) < 4.78 is 27.6. The average molecular weight is 374 g/mol. The van der Waals surface area contributed by atoms with Crippen molar-refractivity contribution in [1.82, 2.24) is 0 Å². The Morgan fingerprint density at radius 2 is 1.78 bits per heavy atom. The summed E-state index contributed by atoms with van der Waals surface area (Å²) >= 11 is 2.07. The van der Waals surface area contributed by atoms with Crippen molar-refractivity contribution in [3.63, 3.8) is 0 Å². The Kier molecular flexibility index (Phi) is 3.76. The topological polar surface area (TPSA) is 72.2 Å². The van der Waals surface area contributed by atoms with Gasteiger partial charge in [0.05, 0.1) is 10.6 Å². The van der Waals surface area contributed by atoms with E-state index >= 15 is 0 Å². The van der Waals surface area contributed by atoms with Gasteiger partial charge in [-0.3, -0.25) is 4.72 Å². The number of nitrogen functional groups attached to an aromatic ring is 1. The largest absolute Gasteiger partial charge is 0.399 e. The van der Waals surface area contributed by atoms with Crippen molar-refractivity contribution in [3.8, 4) is 0 Å². The van der Waals surface area contributed by atoms with Gasteiger partial charge < -0.3 is 5.73 Å². The highest BCUT2D eigenvalue weighted by atomic mass is 127. The molecule has 0 radical (unpaired) electrons. The first-order chi connectivity index (χ1) is 8.49. The normalized spacial score (nSPS) is 11.2. The van der Waals surface area contributed by atoms with E-state index in [4.69, 9.17) is 5.73 Å². The Bertz CT molecular complexity index is 671. The minimum atomic E-state index is -3.59. The molecule has 4 nitrogen and oxygen atoms in total. The number of anilines is 2. The second kappa shape index (κ2) is 5.15. The van der Waals surface area contributed by atoms with E-state index in [0.29, 0.717) is 11.4 Å². The summed E-state index contributed by atoms with van der Waals surface area (Å²) in [6.07, 6.45) is 0. The molecule has 0 saturated heterocycles. The summed E-state index contributed by atoms with van der Waals surface area (Å²) in [7, 11) is -3.59. The smallest absolute Gasteiger partial charge is 0.262 e. The van der Waals surface area contributed by atoms with Crippen molar-refractivity contribution < 1.29 is 8.42 Å². The van der Waals surface area contributed by atoms with Gasteiger partial charge in [0, 0.05) is 9.26 Å². The van der Waals surface area contributed by atoms with E-state index in [1.807, 2.05) is 12.1 Å². The SMILES string of the molecule is Nc1cccc(S(=O)(=O)Nc2ccccc2I)c1. The van der Waals surface area contributed by atoms with Crippen molar-refractivity contribution in [3.05, 3.63) is 52.1 Å². The molecule has 2 aromatic carbocycles. The Hall–Kier alpha value is -1.28. The number of benzene rings is 2. The average Bonchev–Trinajstić information content (AvgIpc) is 2.32. The van der Waals surface area contributed by atoms with Crippen molar-refractivity contribution in [1.29, 1.82) is 0 Å². The molecule has 0 aromatic heterocycles. The standard InChI is InChI=1S/C12H11IN2O2S/c13-11-6-1-2-7-12(11)15-18(16,17)10-5-3-4-9(14)8-10/h1-8,15H,14H2. The fourth-order valence-corrected chi connectivity index (χ4v) is 3.27. The molecule has 2 aromatic rings. The van der Waals surface area contributed by atoms with E-state index in [9.17, 15) is 8.42 Å². The Morgan fingerprint density at radius 3 is 2.44 bits per heavy atom. The maximum absolute atomic E-state index is 12.1. The predicted molar refractivity (Wildman–Crippen MR) is 80.8 cm³/mol. The molecule has 0 unspecified atom stereocenters. The number of nitrogens with one attached hydrogen (secondary N) is 1. The van der Waals surface area contributed by atoms with Crippen LogP contribution in [0, 0.1) is 3.57 Å². The van der Waals surface area contributed by atoms with Crippen LogP contribution in [0.2, 0.25) is 0 Å². The summed E-state index contributed by atoms with van der Waals surface area (Å²) in [6, 6.07) is 13.4. The lowest BCUT2D eigenvalue weighted by Gasteiger charge is -2.09. The van der Waals surface area contributed by atoms with Crippen LogP contribution in [0.3, 0.4) is 0 Å². The van der Waals surface area contributed by atoms with Crippen LogP contribution in [-0.4, -0.2) is 8.42 Å². The van der Waals surface area contributed by atoms with Gasteiger partial charge >= 0.3 is 0 Å².